The Kier molecular flexibility index (Phi) is 4.59. The minimum Gasteiger partial charge on any atom is -0.467 e. The second-order valence-corrected chi connectivity index (χ2v) is 4.38. The van der Waals surface area contributed by atoms with Crippen molar-refractivity contribution in [3.63, 3.8) is 0 Å². The van der Waals surface area contributed by atoms with Crippen LogP contribution in [0.2, 0.25) is 0 Å². The standard InChI is InChI=1S/C11H16F3NO3/c1-7(10(17)18-2)15(8-4-3-5-8)9(16)6-11(12,13)14/h7-8H,3-6H2,1-2H3/t7-/m1/s1. The van der Waals surface area contributed by atoms with Crippen LogP contribution < -0.4 is 0 Å². The Morgan fingerprint density at radius 2 is 1.94 bits per heavy atom. The summed E-state index contributed by atoms with van der Waals surface area (Å²) < 4.78 is 41.2. The van der Waals surface area contributed by atoms with Gasteiger partial charge in [0.05, 0.1) is 7.11 Å². The molecule has 0 heterocycles. The molecule has 7 heteroatoms. The molecule has 0 radical (unpaired) electrons. The monoisotopic (exact) mass is 267 g/mol. The fourth-order valence-electron chi connectivity index (χ4n) is 1.95. The van der Waals surface area contributed by atoms with Gasteiger partial charge in [0.1, 0.15) is 12.5 Å². The summed E-state index contributed by atoms with van der Waals surface area (Å²) in [6, 6.07) is -1.26. The number of methoxy groups -OCH3 is 1. The molecule has 0 bridgehead atoms. The average Bonchev–Trinajstić information content (AvgIpc) is 2.18. The molecule has 1 rings (SSSR count). The van der Waals surface area contributed by atoms with Gasteiger partial charge >= 0.3 is 12.1 Å². The van der Waals surface area contributed by atoms with Crippen LogP contribution >= 0.6 is 0 Å². The highest BCUT2D eigenvalue weighted by atomic mass is 19.4. The Morgan fingerprint density at radius 3 is 2.28 bits per heavy atom. The molecule has 1 fully saturated rings. The SMILES string of the molecule is COC(=O)[C@@H](C)N(C(=O)CC(F)(F)F)C1CCC1. The van der Waals surface area contributed by atoms with Gasteiger partial charge in [0.15, 0.2) is 0 Å². The number of hydrogen-bond acceptors (Lipinski definition) is 3. The van der Waals surface area contributed by atoms with Crippen molar-refractivity contribution in [2.75, 3.05) is 7.11 Å². The summed E-state index contributed by atoms with van der Waals surface area (Å²) in [6.45, 7) is 1.39. The van der Waals surface area contributed by atoms with E-state index in [4.69, 9.17) is 0 Å². The second kappa shape index (κ2) is 5.58. The normalized spacial score (nSPS) is 17.8. The van der Waals surface area contributed by atoms with Crippen molar-refractivity contribution in [3.05, 3.63) is 0 Å². The highest BCUT2D eigenvalue weighted by Crippen LogP contribution is 2.30. The first kappa shape index (κ1) is 14.8. The van der Waals surface area contributed by atoms with Crippen LogP contribution in [0, 0.1) is 0 Å². The molecule has 18 heavy (non-hydrogen) atoms. The van der Waals surface area contributed by atoms with Gasteiger partial charge in [-0.1, -0.05) is 0 Å². The number of alkyl halides is 3. The summed E-state index contributed by atoms with van der Waals surface area (Å²) in [5, 5.41) is 0. The number of nitrogens with zero attached hydrogens (tertiary/aromatic N) is 1. The predicted molar refractivity (Wildman–Crippen MR) is 56.6 cm³/mol. The van der Waals surface area contributed by atoms with E-state index in [9.17, 15) is 22.8 Å². The first-order valence-corrected chi connectivity index (χ1v) is 5.72. The van der Waals surface area contributed by atoms with Gasteiger partial charge in [0.2, 0.25) is 5.91 Å². The molecule has 0 saturated heterocycles. The molecule has 104 valence electrons. The van der Waals surface area contributed by atoms with Crippen molar-refractivity contribution in [1.29, 1.82) is 0 Å². The first-order chi connectivity index (χ1) is 8.26. The Labute approximate surface area is 103 Å². The quantitative estimate of drug-likeness (QED) is 0.731. The molecule has 0 aliphatic heterocycles. The van der Waals surface area contributed by atoms with Gasteiger partial charge in [-0.05, 0) is 26.2 Å². The summed E-state index contributed by atoms with van der Waals surface area (Å²) >= 11 is 0. The zero-order valence-corrected chi connectivity index (χ0v) is 10.3. The van der Waals surface area contributed by atoms with Gasteiger partial charge in [-0.15, -0.1) is 0 Å². The minimum absolute atomic E-state index is 0.283. The fraction of sp³-hybridized carbons (Fsp3) is 0.818. The van der Waals surface area contributed by atoms with Crippen LogP contribution in [0.25, 0.3) is 0 Å². The van der Waals surface area contributed by atoms with Crippen LogP contribution in [0.15, 0.2) is 0 Å². The Balaban J connectivity index is 2.78. The third-order valence-electron chi connectivity index (χ3n) is 3.07. The van der Waals surface area contributed by atoms with E-state index in [2.05, 4.69) is 4.74 Å². The number of esters is 1. The van der Waals surface area contributed by atoms with Crippen molar-refractivity contribution in [3.8, 4) is 0 Å². The maximum atomic E-state index is 12.2. The molecular formula is C11H16F3NO3. The molecule has 1 atom stereocenters. The minimum atomic E-state index is -4.56. The van der Waals surface area contributed by atoms with E-state index >= 15 is 0 Å². The molecular weight excluding hydrogens is 251 g/mol. The van der Waals surface area contributed by atoms with Gasteiger partial charge < -0.3 is 9.64 Å². The van der Waals surface area contributed by atoms with Crippen LogP contribution in [-0.2, 0) is 14.3 Å². The maximum Gasteiger partial charge on any atom is 0.397 e. The molecule has 0 aromatic carbocycles. The zero-order valence-electron chi connectivity index (χ0n) is 10.3. The maximum absolute atomic E-state index is 12.2. The number of ether oxygens (including phenoxy) is 1. The van der Waals surface area contributed by atoms with E-state index < -0.39 is 30.5 Å². The van der Waals surface area contributed by atoms with Crippen molar-refractivity contribution >= 4 is 11.9 Å². The van der Waals surface area contributed by atoms with Crippen molar-refractivity contribution in [2.24, 2.45) is 0 Å². The lowest BCUT2D eigenvalue weighted by molar-refractivity contribution is -0.171. The first-order valence-electron chi connectivity index (χ1n) is 5.72. The predicted octanol–water partition coefficient (Wildman–Crippen LogP) is 1.88. The smallest absolute Gasteiger partial charge is 0.397 e. The highest BCUT2D eigenvalue weighted by Gasteiger charge is 2.40. The lowest BCUT2D eigenvalue weighted by Crippen LogP contribution is -2.53. The lowest BCUT2D eigenvalue weighted by atomic mass is 9.90. The lowest BCUT2D eigenvalue weighted by Gasteiger charge is -2.40. The van der Waals surface area contributed by atoms with Crippen LogP contribution in [-0.4, -0.2) is 42.1 Å². The number of carbonyl (C=O) groups excluding carboxylic acids is 2. The topological polar surface area (TPSA) is 46.6 Å². The van der Waals surface area contributed by atoms with E-state index in [0.29, 0.717) is 12.8 Å². The molecule has 1 amide bonds. The second-order valence-electron chi connectivity index (χ2n) is 4.38. The highest BCUT2D eigenvalue weighted by molar-refractivity contribution is 5.84. The zero-order chi connectivity index (χ0) is 13.9. The Morgan fingerprint density at radius 1 is 1.39 bits per heavy atom. The summed E-state index contributed by atoms with van der Waals surface area (Å²) in [5.74, 6) is -1.76. The molecule has 1 aliphatic rings. The van der Waals surface area contributed by atoms with Crippen LogP contribution in [0.1, 0.15) is 32.6 Å². The van der Waals surface area contributed by atoms with Gasteiger partial charge in [0, 0.05) is 6.04 Å². The fourth-order valence-corrected chi connectivity index (χ4v) is 1.95. The summed E-state index contributed by atoms with van der Waals surface area (Å²) in [6.07, 6.45) is -3.98. The number of rotatable bonds is 4. The molecule has 1 saturated carbocycles. The van der Waals surface area contributed by atoms with E-state index in [0.717, 1.165) is 18.4 Å². The third kappa shape index (κ3) is 3.61. The average molecular weight is 267 g/mol. The molecule has 4 nitrogen and oxygen atoms in total. The van der Waals surface area contributed by atoms with Gasteiger partial charge in [-0.2, -0.15) is 13.2 Å². The van der Waals surface area contributed by atoms with Crippen LogP contribution in [0.5, 0.6) is 0 Å². The molecule has 0 aromatic rings. The van der Waals surface area contributed by atoms with Crippen molar-refractivity contribution in [1.82, 2.24) is 4.90 Å². The van der Waals surface area contributed by atoms with Gasteiger partial charge in [-0.3, -0.25) is 4.79 Å². The third-order valence-corrected chi connectivity index (χ3v) is 3.07. The van der Waals surface area contributed by atoms with E-state index in [1.807, 2.05) is 0 Å². The molecule has 0 spiro atoms. The van der Waals surface area contributed by atoms with E-state index in [1.54, 1.807) is 0 Å². The van der Waals surface area contributed by atoms with E-state index in [1.165, 1.54) is 6.92 Å². The summed E-state index contributed by atoms with van der Waals surface area (Å²) in [7, 11) is 1.14. The molecule has 0 unspecified atom stereocenters. The molecule has 1 aliphatic carbocycles. The molecule has 0 N–H and O–H groups in total. The van der Waals surface area contributed by atoms with Gasteiger partial charge in [0.25, 0.3) is 0 Å². The number of hydrogen-bond donors (Lipinski definition) is 0. The van der Waals surface area contributed by atoms with Gasteiger partial charge in [-0.25, -0.2) is 4.79 Å². The molecule has 0 aromatic heterocycles. The number of amides is 1. The number of halogens is 3. The number of carbonyl (C=O) groups is 2. The van der Waals surface area contributed by atoms with Crippen molar-refractivity contribution < 1.29 is 27.5 Å². The van der Waals surface area contributed by atoms with Crippen molar-refractivity contribution in [2.45, 2.75) is 50.9 Å². The van der Waals surface area contributed by atoms with E-state index in [-0.39, 0.29) is 6.04 Å². The summed E-state index contributed by atoms with van der Waals surface area (Å²) in [5.41, 5.74) is 0. The Bertz CT molecular complexity index is 326. The Hall–Kier alpha value is -1.27. The van der Waals surface area contributed by atoms with Crippen LogP contribution in [0.3, 0.4) is 0 Å². The largest absolute Gasteiger partial charge is 0.467 e. The van der Waals surface area contributed by atoms with Crippen LogP contribution in [0.4, 0.5) is 13.2 Å². The summed E-state index contributed by atoms with van der Waals surface area (Å²) in [4.78, 5) is 24.0.